The number of ether oxygens (including phenoxy) is 2. The van der Waals surface area contributed by atoms with Gasteiger partial charge in [0.2, 0.25) is 0 Å². The van der Waals surface area contributed by atoms with Gasteiger partial charge in [0.05, 0.1) is 31.8 Å². The van der Waals surface area contributed by atoms with E-state index >= 15 is 0 Å². The third kappa shape index (κ3) is 4.42. The lowest BCUT2D eigenvalue weighted by molar-refractivity contribution is -0.224. The van der Waals surface area contributed by atoms with Crippen molar-refractivity contribution in [3.05, 3.63) is 63.1 Å². The van der Waals surface area contributed by atoms with E-state index in [9.17, 15) is 8.78 Å². The van der Waals surface area contributed by atoms with Crippen molar-refractivity contribution >= 4 is 28.0 Å². The van der Waals surface area contributed by atoms with Gasteiger partial charge in [-0.1, -0.05) is 22.0 Å². The Bertz CT molecular complexity index is 885. The van der Waals surface area contributed by atoms with Crippen molar-refractivity contribution in [1.82, 2.24) is 4.90 Å². The van der Waals surface area contributed by atoms with Crippen LogP contribution in [0.25, 0.3) is 0 Å². The molecule has 0 bridgehead atoms. The zero-order valence-electron chi connectivity index (χ0n) is 16.1. The normalized spacial score (nSPS) is 15.6. The second kappa shape index (κ2) is 8.68. The molecule has 1 aliphatic rings. The average Bonchev–Trinajstić information content (AvgIpc) is 2.63. The number of aryl methyl sites for hydroxylation is 1. The summed E-state index contributed by atoms with van der Waals surface area (Å²) >= 11 is 3.23. The second-order valence-electron chi connectivity index (χ2n) is 6.95. The second-order valence-corrected chi connectivity index (χ2v) is 7.86. The van der Waals surface area contributed by atoms with E-state index in [0.717, 1.165) is 12.1 Å². The summed E-state index contributed by atoms with van der Waals surface area (Å²) in [6.45, 7) is 5.18. The highest BCUT2D eigenvalue weighted by Gasteiger charge is 2.44. The van der Waals surface area contributed by atoms with Crippen molar-refractivity contribution in [2.75, 3.05) is 26.8 Å². The summed E-state index contributed by atoms with van der Waals surface area (Å²) in [5.41, 5.74) is 1.31. The van der Waals surface area contributed by atoms with Gasteiger partial charge in [-0.2, -0.15) is 0 Å². The Labute approximate surface area is 172 Å². The molecule has 0 radical (unpaired) electrons. The average molecular weight is 453 g/mol. The molecule has 1 aliphatic heterocycles. The lowest BCUT2D eigenvalue weighted by Crippen LogP contribution is -2.49. The SMILES string of the molecule is CCN(C)C=Nc1cc(F)c(C2(OCc3ccc(Br)cc3F)COC2)cc1C. The van der Waals surface area contributed by atoms with Gasteiger partial charge in [0.15, 0.2) is 0 Å². The Morgan fingerprint density at radius 2 is 2.00 bits per heavy atom. The minimum Gasteiger partial charge on any atom is -0.375 e. The molecule has 0 aromatic heterocycles. The standard InChI is InChI=1S/C21H23BrF2N2O2/c1-4-26(3)13-25-20-9-19(24)17(7-14(20)2)21(11-27-12-21)28-10-15-5-6-16(22)8-18(15)23/h5-9,13H,4,10-12H2,1-3H3. The molecule has 0 aliphatic carbocycles. The zero-order chi connectivity index (χ0) is 20.3. The zero-order valence-corrected chi connectivity index (χ0v) is 17.7. The minimum absolute atomic E-state index is 0.0299. The highest BCUT2D eigenvalue weighted by atomic mass is 79.9. The first-order valence-electron chi connectivity index (χ1n) is 9.05. The number of rotatable bonds is 7. The molecule has 0 N–H and O–H groups in total. The fourth-order valence-electron chi connectivity index (χ4n) is 2.86. The first-order chi connectivity index (χ1) is 13.3. The largest absolute Gasteiger partial charge is 0.375 e. The van der Waals surface area contributed by atoms with Crippen LogP contribution >= 0.6 is 15.9 Å². The summed E-state index contributed by atoms with van der Waals surface area (Å²) in [7, 11) is 1.90. The smallest absolute Gasteiger partial charge is 0.143 e. The topological polar surface area (TPSA) is 34.1 Å². The number of halogens is 3. The van der Waals surface area contributed by atoms with E-state index in [-0.39, 0.29) is 25.6 Å². The monoisotopic (exact) mass is 452 g/mol. The molecule has 150 valence electrons. The van der Waals surface area contributed by atoms with Crippen molar-refractivity contribution in [2.24, 2.45) is 4.99 Å². The fraction of sp³-hybridized carbons (Fsp3) is 0.381. The van der Waals surface area contributed by atoms with Crippen LogP contribution in [0.15, 0.2) is 39.8 Å². The van der Waals surface area contributed by atoms with Gasteiger partial charge < -0.3 is 14.4 Å². The third-order valence-corrected chi connectivity index (χ3v) is 5.35. The first-order valence-corrected chi connectivity index (χ1v) is 9.84. The molecule has 0 amide bonds. The number of hydrogen-bond acceptors (Lipinski definition) is 3. The van der Waals surface area contributed by atoms with E-state index in [2.05, 4.69) is 20.9 Å². The fourth-order valence-corrected chi connectivity index (χ4v) is 3.19. The van der Waals surface area contributed by atoms with E-state index in [1.807, 2.05) is 25.8 Å². The number of aliphatic imine (C=N–C) groups is 1. The van der Waals surface area contributed by atoms with E-state index in [1.54, 1.807) is 24.5 Å². The predicted octanol–water partition coefficient (Wildman–Crippen LogP) is 5.09. The van der Waals surface area contributed by atoms with Gasteiger partial charge in [0.1, 0.15) is 17.2 Å². The first kappa shape index (κ1) is 20.9. The Balaban J connectivity index is 1.83. The molecule has 0 spiro atoms. The van der Waals surface area contributed by atoms with Gasteiger partial charge in [-0.25, -0.2) is 13.8 Å². The van der Waals surface area contributed by atoms with Crippen LogP contribution in [0.3, 0.4) is 0 Å². The van der Waals surface area contributed by atoms with Crippen LogP contribution < -0.4 is 0 Å². The molecule has 2 aromatic rings. The van der Waals surface area contributed by atoms with E-state index in [0.29, 0.717) is 21.3 Å². The van der Waals surface area contributed by atoms with Crippen molar-refractivity contribution in [1.29, 1.82) is 0 Å². The van der Waals surface area contributed by atoms with Gasteiger partial charge in [0.25, 0.3) is 0 Å². The van der Waals surface area contributed by atoms with E-state index in [4.69, 9.17) is 9.47 Å². The molecular formula is C21H23BrF2N2O2. The summed E-state index contributed by atoms with van der Waals surface area (Å²) in [5, 5.41) is 0. The number of benzene rings is 2. The van der Waals surface area contributed by atoms with Gasteiger partial charge >= 0.3 is 0 Å². The van der Waals surface area contributed by atoms with Crippen LogP contribution in [0.5, 0.6) is 0 Å². The highest BCUT2D eigenvalue weighted by molar-refractivity contribution is 9.10. The van der Waals surface area contributed by atoms with E-state index in [1.165, 1.54) is 12.1 Å². The highest BCUT2D eigenvalue weighted by Crippen LogP contribution is 2.38. The summed E-state index contributed by atoms with van der Waals surface area (Å²) in [6, 6.07) is 7.93. The Kier molecular flexibility index (Phi) is 6.47. The Morgan fingerprint density at radius 1 is 1.25 bits per heavy atom. The third-order valence-electron chi connectivity index (χ3n) is 4.86. The van der Waals surface area contributed by atoms with Crippen LogP contribution in [0.4, 0.5) is 14.5 Å². The van der Waals surface area contributed by atoms with Crippen molar-refractivity contribution in [3.8, 4) is 0 Å². The molecule has 7 heteroatoms. The van der Waals surface area contributed by atoms with Crippen LogP contribution in [0, 0.1) is 18.6 Å². The van der Waals surface area contributed by atoms with Crippen molar-refractivity contribution in [3.63, 3.8) is 0 Å². The van der Waals surface area contributed by atoms with Crippen LogP contribution in [-0.4, -0.2) is 38.0 Å². The maximum absolute atomic E-state index is 14.9. The molecule has 0 unspecified atom stereocenters. The lowest BCUT2D eigenvalue weighted by Gasteiger charge is -2.42. The number of nitrogens with zero attached hydrogens (tertiary/aromatic N) is 2. The summed E-state index contributed by atoms with van der Waals surface area (Å²) < 4.78 is 41.0. The van der Waals surface area contributed by atoms with Gasteiger partial charge in [0, 0.05) is 35.3 Å². The van der Waals surface area contributed by atoms with Gasteiger partial charge in [-0.05, 0) is 37.6 Å². The number of hydrogen-bond donors (Lipinski definition) is 0. The van der Waals surface area contributed by atoms with Crippen molar-refractivity contribution in [2.45, 2.75) is 26.1 Å². The predicted molar refractivity (Wildman–Crippen MR) is 109 cm³/mol. The molecule has 28 heavy (non-hydrogen) atoms. The minimum atomic E-state index is -0.920. The molecule has 1 heterocycles. The molecule has 1 saturated heterocycles. The van der Waals surface area contributed by atoms with Crippen LogP contribution in [0.2, 0.25) is 0 Å². The molecule has 4 nitrogen and oxygen atoms in total. The van der Waals surface area contributed by atoms with E-state index < -0.39 is 11.4 Å². The maximum Gasteiger partial charge on any atom is 0.143 e. The molecule has 3 rings (SSSR count). The molecule has 0 saturated carbocycles. The molecule has 1 fully saturated rings. The maximum atomic E-state index is 14.9. The summed E-state index contributed by atoms with van der Waals surface area (Å²) in [4.78, 5) is 6.26. The van der Waals surface area contributed by atoms with Crippen LogP contribution in [0.1, 0.15) is 23.6 Å². The van der Waals surface area contributed by atoms with Crippen molar-refractivity contribution < 1.29 is 18.3 Å². The molecule has 2 aromatic carbocycles. The summed E-state index contributed by atoms with van der Waals surface area (Å²) in [6.07, 6.45) is 1.68. The molecular weight excluding hydrogens is 430 g/mol. The van der Waals surface area contributed by atoms with Gasteiger partial charge in [-0.15, -0.1) is 0 Å². The Morgan fingerprint density at radius 3 is 2.61 bits per heavy atom. The Hall–Kier alpha value is -1.83. The lowest BCUT2D eigenvalue weighted by atomic mass is 9.89. The van der Waals surface area contributed by atoms with Crippen LogP contribution in [-0.2, 0) is 21.7 Å². The quantitative estimate of drug-likeness (QED) is 0.433. The summed E-state index contributed by atoms with van der Waals surface area (Å²) in [5.74, 6) is -0.775. The van der Waals surface area contributed by atoms with Gasteiger partial charge in [-0.3, -0.25) is 0 Å². The molecule has 0 atom stereocenters.